The highest BCUT2D eigenvalue weighted by molar-refractivity contribution is 5.68. The summed E-state index contributed by atoms with van der Waals surface area (Å²) in [4.78, 5) is 14.9. The number of hydrogen-bond donors (Lipinski definition) is 1. The first-order valence-corrected chi connectivity index (χ1v) is 5.88. The van der Waals surface area contributed by atoms with Gasteiger partial charge in [0.2, 0.25) is 0 Å². The van der Waals surface area contributed by atoms with E-state index in [0.29, 0.717) is 11.5 Å². The third kappa shape index (κ3) is 2.67. The van der Waals surface area contributed by atoms with Crippen molar-refractivity contribution in [3.05, 3.63) is 28.4 Å². The monoisotopic (exact) mass is 262 g/mol. The van der Waals surface area contributed by atoms with Gasteiger partial charge in [-0.2, -0.15) is 0 Å². The van der Waals surface area contributed by atoms with Crippen LogP contribution >= 0.6 is 0 Å². The fourth-order valence-electron chi connectivity index (χ4n) is 1.64. The fourth-order valence-corrected chi connectivity index (χ4v) is 1.64. The third-order valence-electron chi connectivity index (χ3n) is 2.58. The molecule has 2 aromatic rings. The second kappa shape index (κ2) is 5.42. The molecule has 1 N–H and O–H groups in total. The zero-order valence-electron chi connectivity index (χ0n) is 10.7. The summed E-state index contributed by atoms with van der Waals surface area (Å²) >= 11 is 0. The standard InChI is InChI=1S/C11H14N6O2/c1-3-6-12-10-5-4-8(17(18)19)11(14-10)9-7-13-15-16(9)2/h4-5,7H,3,6H2,1-2H3,(H,12,14). The number of rotatable bonds is 5. The number of hydrogen-bond acceptors (Lipinski definition) is 6. The number of aryl methyl sites for hydroxylation is 1. The van der Waals surface area contributed by atoms with Gasteiger partial charge in [0.05, 0.1) is 11.1 Å². The Morgan fingerprint density at radius 1 is 1.47 bits per heavy atom. The van der Waals surface area contributed by atoms with Crippen LogP contribution in [0.1, 0.15) is 13.3 Å². The molecule has 0 saturated heterocycles. The Morgan fingerprint density at radius 3 is 2.84 bits per heavy atom. The van der Waals surface area contributed by atoms with Crippen molar-refractivity contribution in [2.75, 3.05) is 11.9 Å². The Morgan fingerprint density at radius 2 is 2.26 bits per heavy atom. The van der Waals surface area contributed by atoms with Crippen molar-refractivity contribution in [1.82, 2.24) is 20.0 Å². The van der Waals surface area contributed by atoms with Gasteiger partial charge in [0.25, 0.3) is 5.69 Å². The topological polar surface area (TPSA) is 98.8 Å². The lowest BCUT2D eigenvalue weighted by atomic mass is 10.2. The first kappa shape index (κ1) is 12.9. The van der Waals surface area contributed by atoms with Gasteiger partial charge in [-0.1, -0.05) is 12.1 Å². The molecule has 2 rings (SSSR count). The molecule has 8 nitrogen and oxygen atoms in total. The highest BCUT2D eigenvalue weighted by atomic mass is 16.6. The van der Waals surface area contributed by atoms with Crippen molar-refractivity contribution in [3.8, 4) is 11.4 Å². The van der Waals surface area contributed by atoms with E-state index in [9.17, 15) is 10.1 Å². The minimum Gasteiger partial charge on any atom is -0.370 e. The maximum atomic E-state index is 11.0. The smallest absolute Gasteiger partial charge is 0.297 e. The number of aromatic nitrogens is 4. The summed E-state index contributed by atoms with van der Waals surface area (Å²) in [6.07, 6.45) is 2.40. The van der Waals surface area contributed by atoms with Gasteiger partial charge in [0.1, 0.15) is 11.5 Å². The van der Waals surface area contributed by atoms with E-state index in [4.69, 9.17) is 0 Å². The minimum atomic E-state index is -0.459. The molecule has 0 bridgehead atoms. The van der Waals surface area contributed by atoms with Crippen molar-refractivity contribution in [2.45, 2.75) is 13.3 Å². The van der Waals surface area contributed by atoms with E-state index in [1.54, 1.807) is 13.1 Å². The molecule has 8 heteroatoms. The van der Waals surface area contributed by atoms with Crippen LogP contribution < -0.4 is 5.32 Å². The second-order valence-corrected chi connectivity index (χ2v) is 3.99. The van der Waals surface area contributed by atoms with Crippen molar-refractivity contribution in [3.63, 3.8) is 0 Å². The molecule has 0 fully saturated rings. The normalized spacial score (nSPS) is 10.4. The molecular weight excluding hydrogens is 248 g/mol. The van der Waals surface area contributed by atoms with Gasteiger partial charge in [0, 0.05) is 19.7 Å². The molecule has 2 heterocycles. The molecule has 19 heavy (non-hydrogen) atoms. The fraction of sp³-hybridized carbons (Fsp3) is 0.364. The average molecular weight is 262 g/mol. The van der Waals surface area contributed by atoms with Crippen molar-refractivity contribution >= 4 is 11.5 Å². The lowest BCUT2D eigenvalue weighted by Gasteiger charge is -2.07. The maximum Gasteiger partial charge on any atom is 0.297 e. The quantitative estimate of drug-likeness (QED) is 0.649. The van der Waals surface area contributed by atoms with E-state index >= 15 is 0 Å². The summed E-state index contributed by atoms with van der Waals surface area (Å²) in [6, 6.07) is 3.04. The van der Waals surface area contributed by atoms with Crippen LogP contribution in [0.3, 0.4) is 0 Å². The molecule has 0 aliphatic rings. The highest BCUT2D eigenvalue weighted by Gasteiger charge is 2.20. The number of nitro groups is 1. The maximum absolute atomic E-state index is 11.0. The predicted octanol–water partition coefficient (Wildman–Crippen LogP) is 1.61. The van der Waals surface area contributed by atoms with E-state index in [1.807, 2.05) is 6.92 Å². The number of nitrogens with zero attached hydrogens (tertiary/aromatic N) is 5. The van der Waals surface area contributed by atoms with E-state index < -0.39 is 4.92 Å². The van der Waals surface area contributed by atoms with Gasteiger partial charge < -0.3 is 5.32 Å². The summed E-state index contributed by atoms with van der Waals surface area (Å²) < 4.78 is 1.46. The first-order valence-electron chi connectivity index (χ1n) is 5.88. The van der Waals surface area contributed by atoms with Gasteiger partial charge in [-0.15, -0.1) is 5.10 Å². The lowest BCUT2D eigenvalue weighted by Crippen LogP contribution is -2.05. The first-order chi connectivity index (χ1) is 9.13. The Kier molecular flexibility index (Phi) is 3.69. The third-order valence-corrected chi connectivity index (χ3v) is 2.58. The molecule has 0 amide bonds. The molecule has 0 spiro atoms. The summed E-state index contributed by atoms with van der Waals surface area (Å²) in [5.74, 6) is 0.601. The van der Waals surface area contributed by atoms with E-state index in [1.165, 1.54) is 16.9 Å². The summed E-state index contributed by atoms with van der Waals surface area (Å²) in [7, 11) is 1.67. The Hall–Kier alpha value is -2.51. The molecule has 2 aromatic heterocycles. The van der Waals surface area contributed by atoms with Crippen LogP contribution in [-0.4, -0.2) is 31.4 Å². The Bertz CT molecular complexity index is 595. The lowest BCUT2D eigenvalue weighted by molar-refractivity contribution is -0.384. The summed E-state index contributed by atoms with van der Waals surface area (Å²) in [5, 5.41) is 21.6. The largest absolute Gasteiger partial charge is 0.370 e. The SMILES string of the molecule is CCCNc1ccc([N+](=O)[O-])c(-c2cnnn2C)n1. The van der Waals surface area contributed by atoms with E-state index in [2.05, 4.69) is 20.6 Å². The van der Waals surface area contributed by atoms with Gasteiger partial charge in [-0.05, 0) is 12.5 Å². The molecular formula is C11H14N6O2. The molecule has 0 atom stereocenters. The number of anilines is 1. The molecule has 0 unspecified atom stereocenters. The molecule has 100 valence electrons. The molecule has 0 aliphatic carbocycles. The molecule has 0 aromatic carbocycles. The van der Waals surface area contributed by atoms with Gasteiger partial charge in [0.15, 0.2) is 5.69 Å². The van der Waals surface area contributed by atoms with Gasteiger partial charge in [-0.25, -0.2) is 9.67 Å². The van der Waals surface area contributed by atoms with Crippen LogP contribution in [0.15, 0.2) is 18.3 Å². The second-order valence-electron chi connectivity index (χ2n) is 3.99. The molecule has 0 aliphatic heterocycles. The zero-order valence-corrected chi connectivity index (χ0v) is 10.7. The van der Waals surface area contributed by atoms with Crippen LogP contribution in [0.25, 0.3) is 11.4 Å². The number of pyridine rings is 1. The van der Waals surface area contributed by atoms with Crippen LogP contribution in [-0.2, 0) is 7.05 Å². The van der Waals surface area contributed by atoms with Crippen LogP contribution in [0.4, 0.5) is 11.5 Å². The average Bonchev–Trinajstić information content (AvgIpc) is 2.82. The van der Waals surface area contributed by atoms with E-state index in [0.717, 1.165) is 13.0 Å². The Labute approximate surface area is 109 Å². The van der Waals surface area contributed by atoms with Crippen molar-refractivity contribution in [2.24, 2.45) is 7.05 Å². The minimum absolute atomic E-state index is 0.0625. The predicted molar refractivity (Wildman–Crippen MR) is 69.7 cm³/mol. The van der Waals surface area contributed by atoms with Crippen LogP contribution in [0, 0.1) is 10.1 Å². The molecule has 0 radical (unpaired) electrons. The number of nitrogens with one attached hydrogen (secondary N) is 1. The Balaban J connectivity index is 2.48. The van der Waals surface area contributed by atoms with Crippen LogP contribution in [0.2, 0.25) is 0 Å². The summed E-state index contributed by atoms with van der Waals surface area (Å²) in [5.41, 5.74) is 0.706. The summed E-state index contributed by atoms with van der Waals surface area (Å²) in [6.45, 7) is 2.79. The van der Waals surface area contributed by atoms with E-state index in [-0.39, 0.29) is 11.4 Å². The zero-order chi connectivity index (χ0) is 13.8. The highest BCUT2D eigenvalue weighted by Crippen LogP contribution is 2.28. The molecule has 0 saturated carbocycles. The van der Waals surface area contributed by atoms with Crippen molar-refractivity contribution in [1.29, 1.82) is 0 Å². The van der Waals surface area contributed by atoms with Gasteiger partial charge >= 0.3 is 0 Å². The van der Waals surface area contributed by atoms with Crippen LogP contribution in [0.5, 0.6) is 0 Å². The van der Waals surface area contributed by atoms with Gasteiger partial charge in [-0.3, -0.25) is 10.1 Å². The van der Waals surface area contributed by atoms with Crippen molar-refractivity contribution < 1.29 is 4.92 Å².